The van der Waals surface area contributed by atoms with Crippen LogP contribution in [0.5, 0.6) is 5.75 Å². The van der Waals surface area contributed by atoms with Gasteiger partial charge < -0.3 is 4.74 Å². The van der Waals surface area contributed by atoms with Crippen molar-refractivity contribution in [3.05, 3.63) is 103 Å². The molecule has 146 valence electrons. The number of aryl methyl sites for hydroxylation is 1. The van der Waals surface area contributed by atoms with Crippen molar-refractivity contribution in [2.24, 2.45) is 0 Å². The van der Waals surface area contributed by atoms with E-state index in [1.54, 1.807) is 12.4 Å². The molecule has 0 aliphatic carbocycles. The number of hydrogen-bond acceptors (Lipinski definition) is 4. The van der Waals surface area contributed by atoms with Crippen LogP contribution in [0.2, 0.25) is 0 Å². The van der Waals surface area contributed by atoms with Gasteiger partial charge in [0, 0.05) is 29.0 Å². The number of aromatic nitrogens is 4. The standard InChI is InChI=1S/C25H20N4O/c1-18-27-16-25(20-12-14-26-15-13-20)29(18)22-8-10-23(11-9-22)30-17-21-7-6-19-4-2-3-5-24(19)28-21/h2-16H,17H2,1H3. The second-order valence-corrected chi connectivity index (χ2v) is 7.04. The lowest BCUT2D eigenvalue weighted by molar-refractivity contribution is 0.302. The quantitative estimate of drug-likeness (QED) is 0.403. The molecule has 0 unspecified atom stereocenters. The summed E-state index contributed by atoms with van der Waals surface area (Å²) < 4.78 is 8.09. The Kier molecular flexibility index (Phi) is 4.69. The second-order valence-electron chi connectivity index (χ2n) is 7.04. The Morgan fingerprint density at radius 1 is 0.867 bits per heavy atom. The number of fused-ring (bicyclic) bond motifs is 1. The summed E-state index contributed by atoms with van der Waals surface area (Å²) in [5, 5.41) is 1.13. The van der Waals surface area contributed by atoms with E-state index in [-0.39, 0.29) is 0 Å². The molecule has 5 aromatic rings. The van der Waals surface area contributed by atoms with E-state index < -0.39 is 0 Å². The number of pyridine rings is 2. The van der Waals surface area contributed by atoms with Crippen molar-refractivity contribution in [3.63, 3.8) is 0 Å². The SMILES string of the molecule is Cc1ncc(-c2ccncc2)n1-c1ccc(OCc2ccc3ccccc3n2)cc1. The minimum atomic E-state index is 0.427. The molecule has 0 fully saturated rings. The van der Waals surface area contributed by atoms with E-state index in [4.69, 9.17) is 4.74 Å². The summed E-state index contributed by atoms with van der Waals surface area (Å²) in [6.45, 7) is 2.43. The molecule has 0 amide bonds. The number of imidazole rings is 1. The van der Waals surface area contributed by atoms with Gasteiger partial charge in [0.1, 0.15) is 18.2 Å². The molecular formula is C25H20N4O. The Bertz CT molecular complexity index is 1290. The van der Waals surface area contributed by atoms with Gasteiger partial charge in [-0.05, 0) is 55.5 Å². The summed E-state index contributed by atoms with van der Waals surface area (Å²) >= 11 is 0. The summed E-state index contributed by atoms with van der Waals surface area (Å²) in [4.78, 5) is 13.3. The Hall–Kier alpha value is -3.99. The number of benzene rings is 2. The van der Waals surface area contributed by atoms with Crippen molar-refractivity contribution < 1.29 is 4.74 Å². The largest absolute Gasteiger partial charge is 0.487 e. The predicted octanol–water partition coefficient (Wildman–Crippen LogP) is 5.37. The van der Waals surface area contributed by atoms with E-state index in [0.29, 0.717) is 6.61 Å². The van der Waals surface area contributed by atoms with Crippen LogP contribution >= 0.6 is 0 Å². The van der Waals surface area contributed by atoms with Crippen molar-refractivity contribution >= 4 is 10.9 Å². The third-order valence-corrected chi connectivity index (χ3v) is 5.05. The lowest BCUT2D eigenvalue weighted by Gasteiger charge is -2.12. The molecule has 5 heteroatoms. The fraction of sp³-hybridized carbons (Fsp3) is 0.0800. The van der Waals surface area contributed by atoms with Crippen molar-refractivity contribution in [2.45, 2.75) is 13.5 Å². The third kappa shape index (κ3) is 3.53. The topological polar surface area (TPSA) is 52.8 Å². The minimum absolute atomic E-state index is 0.427. The van der Waals surface area contributed by atoms with Gasteiger partial charge in [0.25, 0.3) is 0 Å². The van der Waals surface area contributed by atoms with Crippen LogP contribution in [0.15, 0.2) is 91.4 Å². The van der Waals surface area contributed by atoms with Crippen LogP contribution in [0.1, 0.15) is 11.5 Å². The molecule has 0 saturated carbocycles. The predicted molar refractivity (Wildman–Crippen MR) is 118 cm³/mol. The molecule has 0 N–H and O–H groups in total. The maximum absolute atomic E-state index is 5.96. The number of nitrogens with zero attached hydrogens (tertiary/aromatic N) is 4. The zero-order valence-corrected chi connectivity index (χ0v) is 16.6. The van der Waals surface area contributed by atoms with Crippen molar-refractivity contribution in [2.75, 3.05) is 0 Å². The van der Waals surface area contributed by atoms with Gasteiger partial charge in [-0.15, -0.1) is 0 Å². The highest BCUT2D eigenvalue weighted by Crippen LogP contribution is 2.26. The zero-order valence-electron chi connectivity index (χ0n) is 16.6. The molecule has 0 atom stereocenters. The smallest absolute Gasteiger partial charge is 0.130 e. The summed E-state index contributed by atoms with van der Waals surface area (Å²) in [5.74, 6) is 1.73. The number of para-hydroxylation sites is 1. The molecule has 2 aromatic carbocycles. The Balaban J connectivity index is 1.35. The maximum Gasteiger partial charge on any atom is 0.130 e. The zero-order chi connectivity index (χ0) is 20.3. The van der Waals surface area contributed by atoms with Gasteiger partial charge in [0.2, 0.25) is 0 Å². The van der Waals surface area contributed by atoms with Crippen LogP contribution in [0.3, 0.4) is 0 Å². The summed E-state index contributed by atoms with van der Waals surface area (Å²) in [7, 11) is 0. The highest BCUT2D eigenvalue weighted by molar-refractivity contribution is 5.78. The molecule has 0 radical (unpaired) electrons. The van der Waals surface area contributed by atoms with Crippen molar-refractivity contribution in [1.82, 2.24) is 19.5 Å². The van der Waals surface area contributed by atoms with Crippen molar-refractivity contribution in [1.29, 1.82) is 0 Å². The van der Waals surface area contributed by atoms with Crippen LogP contribution < -0.4 is 4.74 Å². The lowest BCUT2D eigenvalue weighted by Crippen LogP contribution is -2.01. The fourth-order valence-corrected chi connectivity index (χ4v) is 3.53. The van der Waals surface area contributed by atoms with Crippen LogP contribution in [0, 0.1) is 6.92 Å². The molecule has 0 spiro atoms. The normalized spacial score (nSPS) is 11.0. The van der Waals surface area contributed by atoms with Gasteiger partial charge in [-0.2, -0.15) is 0 Å². The van der Waals surface area contributed by atoms with Gasteiger partial charge in [0.15, 0.2) is 0 Å². The molecule has 0 aliphatic rings. The summed E-state index contributed by atoms with van der Waals surface area (Å²) in [5.41, 5.74) is 5.03. The van der Waals surface area contributed by atoms with E-state index in [1.165, 1.54) is 0 Å². The van der Waals surface area contributed by atoms with Gasteiger partial charge in [-0.3, -0.25) is 9.55 Å². The molecule has 5 nitrogen and oxygen atoms in total. The van der Waals surface area contributed by atoms with Crippen LogP contribution in [-0.2, 0) is 6.61 Å². The molecule has 0 bridgehead atoms. The Labute approximate surface area is 174 Å². The van der Waals surface area contributed by atoms with E-state index >= 15 is 0 Å². The van der Waals surface area contributed by atoms with Gasteiger partial charge >= 0.3 is 0 Å². The molecule has 5 rings (SSSR count). The second kappa shape index (κ2) is 7.79. The van der Waals surface area contributed by atoms with Crippen molar-refractivity contribution in [3.8, 4) is 22.7 Å². The fourth-order valence-electron chi connectivity index (χ4n) is 3.53. The minimum Gasteiger partial charge on any atom is -0.487 e. The summed E-state index contributed by atoms with van der Waals surface area (Å²) in [6, 6.07) is 24.2. The first-order valence-electron chi connectivity index (χ1n) is 9.80. The Morgan fingerprint density at radius 2 is 1.67 bits per heavy atom. The van der Waals surface area contributed by atoms with Gasteiger partial charge in [-0.1, -0.05) is 24.3 Å². The van der Waals surface area contributed by atoms with E-state index in [0.717, 1.165) is 45.1 Å². The average Bonchev–Trinajstić information content (AvgIpc) is 3.20. The van der Waals surface area contributed by atoms with E-state index in [2.05, 4.69) is 31.7 Å². The maximum atomic E-state index is 5.96. The van der Waals surface area contributed by atoms with E-state index in [1.807, 2.05) is 73.8 Å². The van der Waals surface area contributed by atoms with Crippen LogP contribution in [-0.4, -0.2) is 19.5 Å². The van der Waals surface area contributed by atoms with Gasteiger partial charge in [0.05, 0.1) is 23.1 Å². The first-order valence-corrected chi connectivity index (χ1v) is 9.80. The third-order valence-electron chi connectivity index (χ3n) is 5.05. The highest BCUT2D eigenvalue weighted by Gasteiger charge is 2.11. The average molecular weight is 392 g/mol. The molecule has 0 aliphatic heterocycles. The molecule has 30 heavy (non-hydrogen) atoms. The lowest BCUT2D eigenvalue weighted by atomic mass is 10.2. The van der Waals surface area contributed by atoms with Crippen LogP contribution in [0.25, 0.3) is 27.8 Å². The number of hydrogen-bond donors (Lipinski definition) is 0. The molecule has 3 aromatic heterocycles. The highest BCUT2D eigenvalue weighted by atomic mass is 16.5. The molecule has 0 saturated heterocycles. The van der Waals surface area contributed by atoms with Gasteiger partial charge in [-0.25, -0.2) is 9.97 Å². The van der Waals surface area contributed by atoms with Crippen LogP contribution in [0.4, 0.5) is 0 Å². The Morgan fingerprint density at radius 3 is 2.50 bits per heavy atom. The molecular weight excluding hydrogens is 372 g/mol. The number of ether oxygens (including phenoxy) is 1. The first kappa shape index (κ1) is 18.1. The molecule has 3 heterocycles. The summed E-state index contributed by atoms with van der Waals surface area (Å²) in [6.07, 6.45) is 5.47. The monoisotopic (exact) mass is 392 g/mol. The van der Waals surface area contributed by atoms with E-state index in [9.17, 15) is 0 Å². The first-order chi connectivity index (χ1) is 14.8. The number of rotatable bonds is 5.